The maximum Gasteiger partial charge on any atom is 0.226 e. The van der Waals surface area contributed by atoms with Crippen molar-refractivity contribution in [3.63, 3.8) is 0 Å². The van der Waals surface area contributed by atoms with E-state index in [2.05, 4.69) is 26.1 Å². The van der Waals surface area contributed by atoms with Crippen LogP contribution >= 0.6 is 0 Å². The molecule has 0 fully saturated rings. The topological polar surface area (TPSA) is 38.3 Å². The van der Waals surface area contributed by atoms with Crippen LogP contribution in [0.15, 0.2) is 0 Å². The third kappa shape index (κ3) is 3.29. The van der Waals surface area contributed by atoms with Gasteiger partial charge in [-0.2, -0.15) is 0 Å². The van der Waals surface area contributed by atoms with Crippen molar-refractivity contribution < 1.29 is 9.53 Å². The Labute approximate surface area is 87.2 Å². The molecule has 84 valence electrons. The highest BCUT2D eigenvalue weighted by Gasteiger charge is 2.39. The molecule has 0 aromatic carbocycles. The van der Waals surface area contributed by atoms with Gasteiger partial charge in [-0.05, 0) is 5.41 Å². The molecule has 0 aliphatic heterocycles. The zero-order valence-electron chi connectivity index (χ0n) is 10.2. The molecular weight excluding hydrogens is 178 g/mol. The first-order valence-corrected chi connectivity index (χ1v) is 5.00. The number of hydrogen-bond acceptors (Lipinski definition) is 2. The van der Waals surface area contributed by atoms with Crippen LogP contribution in [0.2, 0.25) is 0 Å². The van der Waals surface area contributed by atoms with Gasteiger partial charge in [0.1, 0.15) is 0 Å². The molecule has 14 heavy (non-hydrogen) atoms. The minimum Gasteiger partial charge on any atom is -0.383 e. The van der Waals surface area contributed by atoms with Crippen LogP contribution in [0.1, 0.15) is 34.6 Å². The van der Waals surface area contributed by atoms with Crippen LogP contribution in [0.5, 0.6) is 0 Å². The number of carbonyl (C=O) groups excluding carboxylic acids is 1. The average Bonchev–Trinajstić information content (AvgIpc) is 2.02. The minimum atomic E-state index is -0.360. The lowest BCUT2D eigenvalue weighted by Gasteiger charge is -2.37. The molecule has 0 aliphatic rings. The second-order valence-corrected chi connectivity index (χ2v) is 5.12. The van der Waals surface area contributed by atoms with Crippen molar-refractivity contribution in [3.8, 4) is 0 Å². The van der Waals surface area contributed by atoms with Crippen LogP contribution in [0, 0.1) is 10.8 Å². The molecule has 0 atom stereocenters. The molecule has 0 saturated heterocycles. The minimum absolute atomic E-state index is 0.0375. The lowest BCUT2D eigenvalue weighted by molar-refractivity contribution is -0.134. The number of ether oxygens (including phenoxy) is 1. The monoisotopic (exact) mass is 201 g/mol. The van der Waals surface area contributed by atoms with E-state index in [0.29, 0.717) is 13.2 Å². The van der Waals surface area contributed by atoms with E-state index in [1.165, 1.54) is 0 Å². The van der Waals surface area contributed by atoms with Crippen molar-refractivity contribution in [1.82, 2.24) is 5.32 Å². The summed E-state index contributed by atoms with van der Waals surface area (Å²) in [6, 6.07) is 0. The van der Waals surface area contributed by atoms with E-state index in [4.69, 9.17) is 4.74 Å². The van der Waals surface area contributed by atoms with Crippen molar-refractivity contribution in [2.24, 2.45) is 10.8 Å². The van der Waals surface area contributed by atoms with Crippen molar-refractivity contribution >= 4 is 5.91 Å². The Morgan fingerprint density at radius 3 is 2.07 bits per heavy atom. The summed E-state index contributed by atoms with van der Waals surface area (Å²) in [4.78, 5) is 11.8. The average molecular weight is 201 g/mol. The third-order valence-corrected chi connectivity index (χ3v) is 3.03. The van der Waals surface area contributed by atoms with Gasteiger partial charge in [0.15, 0.2) is 0 Å². The zero-order valence-corrected chi connectivity index (χ0v) is 10.2. The number of methoxy groups -OCH3 is 1. The molecule has 0 aromatic heterocycles. The number of amides is 1. The van der Waals surface area contributed by atoms with Gasteiger partial charge >= 0.3 is 0 Å². The van der Waals surface area contributed by atoms with E-state index in [-0.39, 0.29) is 16.7 Å². The molecule has 3 heteroatoms. The van der Waals surface area contributed by atoms with E-state index in [0.717, 1.165) is 0 Å². The highest BCUT2D eigenvalue weighted by molar-refractivity contribution is 5.82. The van der Waals surface area contributed by atoms with Crippen LogP contribution in [0.4, 0.5) is 0 Å². The fourth-order valence-corrected chi connectivity index (χ4v) is 0.828. The Bertz CT molecular complexity index is 192. The van der Waals surface area contributed by atoms with Crippen LogP contribution in [0.25, 0.3) is 0 Å². The standard InChI is InChI=1S/C11H23NO2/c1-10(2,3)11(4,5)9(13)12-7-8-14-6/h7-8H2,1-6H3,(H,12,13). The van der Waals surface area contributed by atoms with Crippen LogP contribution in [-0.2, 0) is 9.53 Å². The van der Waals surface area contributed by atoms with Gasteiger partial charge in [-0.1, -0.05) is 34.6 Å². The first kappa shape index (κ1) is 13.4. The van der Waals surface area contributed by atoms with Gasteiger partial charge in [0.25, 0.3) is 0 Å². The third-order valence-electron chi connectivity index (χ3n) is 3.03. The smallest absolute Gasteiger partial charge is 0.226 e. The summed E-state index contributed by atoms with van der Waals surface area (Å²) < 4.78 is 4.88. The van der Waals surface area contributed by atoms with Crippen molar-refractivity contribution in [1.29, 1.82) is 0 Å². The number of nitrogens with one attached hydrogen (secondary N) is 1. The SMILES string of the molecule is COCCNC(=O)C(C)(C)C(C)(C)C. The van der Waals surface area contributed by atoms with Crippen molar-refractivity contribution in [2.45, 2.75) is 34.6 Å². The van der Waals surface area contributed by atoms with E-state index >= 15 is 0 Å². The number of carbonyl (C=O) groups is 1. The summed E-state index contributed by atoms with van der Waals surface area (Å²) in [5, 5.41) is 2.87. The molecular formula is C11H23NO2. The fraction of sp³-hybridized carbons (Fsp3) is 0.909. The Kier molecular flexibility index (Phi) is 4.59. The first-order chi connectivity index (χ1) is 6.23. The molecule has 0 heterocycles. The largest absolute Gasteiger partial charge is 0.383 e. The van der Waals surface area contributed by atoms with Crippen LogP contribution in [0.3, 0.4) is 0 Å². The predicted molar refractivity (Wildman–Crippen MR) is 58.1 cm³/mol. The number of hydrogen-bond donors (Lipinski definition) is 1. The molecule has 0 saturated carbocycles. The van der Waals surface area contributed by atoms with Gasteiger partial charge in [-0.3, -0.25) is 4.79 Å². The number of rotatable bonds is 4. The van der Waals surface area contributed by atoms with E-state index in [1.54, 1.807) is 7.11 Å². The summed E-state index contributed by atoms with van der Waals surface area (Å²) >= 11 is 0. The Morgan fingerprint density at radius 1 is 1.21 bits per heavy atom. The second-order valence-electron chi connectivity index (χ2n) is 5.12. The normalized spacial score (nSPS) is 12.7. The van der Waals surface area contributed by atoms with Crippen molar-refractivity contribution in [2.75, 3.05) is 20.3 Å². The zero-order chi connectivity index (χ0) is 11.4. The molecule has 0 radical (unpaired) electrons. The summed E-state index contributed by atoms with van der Waals surface area (Å²) in [5.41, 5.74) is -0.398. The molecule has 1 amide bonds. The van der Waals surface area contributed by atoms with Gasteiger partial charge in [0.2, 0.25) is 5.91 Å². The first-order valence-electron chi connectivity index (χ1n) is 5.00. The van der Waals surface area contributed by atoms with Gasteiger partial charge in [-0.15, -0.1) is 0 Å². The molecule has 0 spiro atoms. The molecule has 0 aromatic rings. The lowest BCUT2D eigenvalue weighted by Crippen LogP contribution is -2.45. The second kappa shape index (κ2) is 4.78. The molecule has 3 nitrogen and oxygen atoms in total. The van der Waals surface area contributed by atoms with Gasteiger partial charge in [-0.25, -0.2) is 0 Å². The van der Waals surface area contributed by atoms with E-state index in [9.17, 15) is 4.79 Å². The van der Waals surface area contributed by atoms with Crippen LogP contribution < -0.4 is 5.32 Å². The van der Waals surface area contributed by atoms with E-state index < -0.39 is 0 Å². The Balaban J connectivity index is 4.23. The highest BCUT2D eigenvalue weighted by Crippen LogP contribution is 2.37. The van der Waals surface area contributed by atoms with E-state index in [1.807, 2.05) is 13.8 Å². The van der Waals surface area contributed by atoms with Crippen LogP contribution in [-0.4, -0.2) is 26.2 Å². The maximum absolute atomic E-state index is 11.8. The van der Waals surface area contributed by atoms with Gasteiger partial charge in [0, 0.05) is 19.1 Å². The van der Waals surface area contributed by atoms with Crippen molar-refractivity contribution in [3.05, 3.63) is 0 Å². The molecule has 0 rings (SSSR count). The predicted octanol–water partition coefficient (Wildman–Crippen LogP) is 1.82. The summed E-state index contributed by atoms with van der Waals surface area (Å²) in [6.45, 7) is 11.3. The van der Waals surface area contributed by atoms with Gasteiger partial charge < -0.3 is 10.1 Å². The molecule has 0 bridgehead atoms. The molecule has 1 N–H and O–H groups in total. The Hall–Kier alpha value is -0.570. The molecule has 0 aliphatic carbocycles. The maximum atomic E-state index is 11.8. The summed E-state index contributed by atoms with van der Waals surface area (Å²) in [6.07, 6.45) is 0. The highest BCUT2D eigenvalue weighted by atomic mass is 16.5. The quantitative estimate of drug-likeness (QED) is 0.705. The molecule has 0 unspecified atom stereocenters. The lowest BCUT2D eigenvalue weighted by atomic mass is 9.69. The van der Waals surface area contributed by atoms with Gasteiger partial charge in [0.05, 0.1) is 6.61 Å². The summed E-state index contributed by atoms with van der Waals surface area (Å²) in [5.74, 6) is 0.0852. The Morgan fingerprint density at radius 2 is 1.71 bits per heavy atom. The summed E-state index contributed by atoms with van der Waals surface area (Å²) in [7, 11) is 1.63. The fourth-order valence-electron chi connectivity index (χ4n) is 0.828.